The van der Waals surface area contributed by atoms with Gasteiger partial charge in [0.05, 0.1) is 26.5 Å². The molecule has 5 rings (SSSR count). The number of amides is 1. The third kappa shape index (κ3) is 4.88. The number of aliphatic hydroxyl groups is 2. The van der Waals surface area contributed by atoms with E-state index >= 15 is 0 Å². The van der Waals surface area contributed by atoms with Gasteiger partial charge in [0.2, 0.25) is 5.60 Å². The van der Waals surface area contributed by atoms with Gasteiger partial charge in [0.15, 0.2) is 0 Å². The van der Waals surface area contributed by atoms with Crippen molar-refractivity contribution in [1.29, 1.82) is 0 Å². The summed E-state index contributed by atoms with van der Waals surface area (Å²) in [5, 5.41) is 24.1. The molecular formula is C29H35N3O8S. The molecule has 1 aliphatic heterocycles. The van der Waals surface area contributed by atoms with Gasteiger partial charge < -0.3 is 24.3 Å². The standard InChI is InChI=1S/C29H35N3O8S/c1-31(2)41(37,38)30-27(34)18-10-12-21-23(14-18)32-16-29(36,28(35)40-4)26(33)22-15-19(39-3)11-13-20(22)25(32)24(21)17-8-6-5-7-9-17/h10-15,17,26,33,36H,5-9,16H2,1-4H3,(H,30,34)/t26-,29+/m1/s1. The summed E-state index contributed by atoms with van der Waals surface area (Å²) in [6, 6.07) is 10.1. The second-order valence-electron chi connectivity index (χ2n) is 10.9. The lowest BCUT2D eigenvalue weighted by molar-refractivity contribution is -0.178. The molecule has 3 aromatic rings. The van der Waals surface area contributed by atoms with Gasteiger partial charge in [-0.15, -0.1) is 0 Å². The Kier molecular flexibility index (Phi) is 7.62. The highest BCUT2D eigenvalue weighted by Gasteiger charge is 2.50. The predicted molar refractivity (Wildman–Crippen MR) is 152 cm³/mol. The Morgan fingerprint density at radius 1 is 1.07 bits per heavy atom. The van der Waals surface area contributed by atoms with Crippen molar-refractivity contribution in [2.45, 2.75) is 56.3 Å². The monoisotopic (exact) mass is 585 g/mol. The van der Waals surface area contributed by atoms with Gasteiger partial charge in [0, 0.05) is 36.1 Å². The normalized spacial score (nSPS) is 21.2. The zero-order valence-electron chi connectivity index (χ0n) is 23.5. The minimum atomic E-state index is -4.04. The van der Waals surface area contributed by atoms with Crippen molar-refractivity contribution in [1.82, 2.24) is 13.6 Å². The van der Waals surface area contributed by atoms with Gasteiger partial charge in [-0.25, -0.2) is 9.52 Å². The fraction of sp³-hybridized carbons (Fsp3) is 0.448. The van der Waals surface area contributed by atoms with E-state index < -0.39 is 33.8 Å². The zero-order chi connectivity index (χ0) is 29.7. The van der Waals surface area contributed by atoms with E-state index in [4.69, 9.17) is 9.47 Å². The Morgan fingerprint density at radius 3 is 2.41 bits per heavy atom. The van der Waals surface area contributed by atoms with Crippen LogP contribution in [0.2, 0.25) is 0 Å². The first kappa shape index (κ1) is 29.1. The van der Waals surface area contributed by atoms with E-state index in [-0.39, 0.29) is 18.0 Å². The van der Waals surface area contributed by atoms with Crippen LogP contribution in [0, 0.1) is 0 Å². The number of esters is 1. The van der Waals surface area contributed by atoms with Gasteiger partial charge in [-0.2, -0.15) is 12.7 Å². The molecule has 1 saturated carbocycles. The van der Waals surface area contributed by atoms with Crippen molar-refractivity contribution in [2.24, 2.45) is 0 Å². The molecule has 11 nitrogen and oxygen atoms in total. The number of ether oxygens (including phenoxy) is 2. The quantitative estimate of drug-likeness (QED) is 0.374. The number of methoxy groups -OCH3 is 2. The molecule has 2 aliphatic rings. The number of carbonyl (C=O) groups is 2. The maximum absolute atomic E-state index is 13.1. The lowest BCUT2D eigenvalue weighted by atomic mass is 9.80. The van der Waals surface area contributed by atoms with Gasteiger partial charge in [-0.3, -0.25) is 4.79 Å². The fourth-order valence-electron chi connectivity index (χ4n) is 6.09. The smallest absolute Gasteiger partial charge is 0.342 e. The molecule has 1 aliphatic carbocycles. The van der Waals surface area contributed by atoms with E-state index in [2.05, 4.69) is 4.72 Å². The number of nitrogens with one attached hydrogen (secondary N) is 1. The SMILES string of the molecule is COC(=O)[C@]1(O)Cn2c(c(C3CCCCC3)c3ccc(C(=O)NS(=O)(=O)N(C)C)cc32)-c2ccc(OC)cc2[C@H]1O. The molecule has 12 heteroatoms. The Bertz CT molecular complexity index is 1620. The van der Waals surface area contributed by atoms with E-state index in [1.165, 1.54) is 21.2 Å². The van der Waals surface area contributed by atoms with E-state index in [9.17, 15) is 28.2 Å². The van der Waals surface area contributed by atoms with Gasteiger partial charge in [0.25, 0.3) is 5.91 Å². The Labute approximate surface area is 238 Å². The van der Waals surface area contributed by atoms with Gasteiger partial charge in [-0.1, -0.05) is 25.3 Å². The molecule has 3 N–H and O–H groups in total. The molecular weight excluding hydrogens is 550 g/mol. The fourth-order valence-corrected chi connectivity index (χ4v) is 6.63. The second kappa shape index (κ2) is 10.8. The highest BCUT2D eigenvalue weighted by atomic mass is 32.2. The van der Waals surface area contributed by atoms with Crippen LogP contribution >= 0.6 is 0 Å². The lowest BCUT2D eigenvalue weighted by Gasteiger charge is -2.29. The van der Waals surface area contributed by atoms with Crippen molar-refractivity contribution in [3.8, 4) is 17.0 Å². The minimum absolute atomic E-state index is 0.0831. The lowest BCUT2D eigenvalue weighted by Crippen LogP contribution is -2.48. The van der Waals surface area contributed by atoms with E-state index in [0.717, 1.165) is 60.2 Å². The van der Waals surface area contributed by atoms with Crippen molar-refractivity contribution in [2.75, 3.05) is 28.3 Å². The predicted octanol–water partition coefficient (Wildman–Crippen LogP) is 2.85. The number of hydrogen-bond acceptors (Lipinski definition) is 8. The summed E-state index contributed by atoms with van der Waals surface area (Å²) in [7, 11) is 1.22. The second-order valence-corrected chi connectivity index (χ2v) is 12.8. The van der Waals surface area contributed by atoms with E-state index in [1.54, 1.807) is 41.0 Å². The highest BCUT2D eigenvalue weighted by Crippen LogP contribution is 2.50. The molecule has 1 fully saturated rings. The highest BCUT2D eigenvalue weighted by molar-refractivity contribution is 7.87. The van der Waals surface area contributed by atoms with Crippen LogP contribution in [0.4, 0.5) is 0 Å². The molecule has 0 radical (unpaired) electrons. The summed E-state index contributed by atoms with van der Waals surface area (Å²) in [4.78, 5) is 26.1. The number of aliphatic hydroxyl groups excluding tert-OH is 1. The van der Waals surface area contributed by atoms with E-state index in [1.807, 2.05) is 0 Å². The molecule has 0 unspecified atom stereocenters. The Morgan fingerprint density at radius 2 is 1.78 bits per heavy atom. The zero-order valence-corrected chi connectivity index (χ0v) is 24.3. The van der Waals surface area contributed by atoms with Crippen molar-refractivity contribution in [3.05, 3.63) is 53.1 Å². The van der Waals surface area contributed by atoms with Crippen LogP contribution in [0.1, 0.15) is 65.6 Å². The van der Waals surface area contributed by atoms with Crippen LogP contribution in [0.15, 0.2) is 36.4 Å². The molecule has 2 aromatic carbocycles. The van der Waals surface area contributed by atoms with Crippen molar-refractivity contribution in [3.63, 3.8) is 0 Å². The first-order valence-electron chi connectivity index (χ1n) is 13.5. The summed E-state index contributed by atoms with van der Waals surface area (Å²) >= 11 is 0. The molecule has 1 aromatic heterocycles. The summed E-state index contributed by atoms with van der Waals surface area (Å²) in [6.45, 7) is -0.364. The van der Waals surface area contributed by atoms with E-state index in [0.29, 0.717) is 22.4 Å². The molecule has 2 atom stereocenters. The maximum Gasteiger partial charge on any atom is 0.342 e. The molecule has 0 saturated heterocycles. The first-order chi connectivity index (χ1) is 19.4. The van der Waals surface area contributed by atoms with Crippen LogP contribution in [0.3, 0.4) is 0 Å². The molecule has 41 heavy (non-hydrogen) atoms. The molecule has 0 spiro atoms. The van der Waals surface area contributed by atoms with Crippen LogP contribution < -0.4 is 9.46 Å². The number of benzene rings is 2. The molecule has 1 amide bonds. The molecule has 2 heterocycles. The minimum Gasteiger partial charge on any atom is -0.497 e. The van der Waals surface area contributed by atoms with Crippen molar-refractivity contribution >= 4 is 33.0 Å². The van der Waals surface area contributed by atoms with Gasteiger partial charge >= 0.3 is 16.2 Å². The maximum atomic E-state index is 13.1. The van der Waals surface area contributed by atoms with Gasteiger partial charge in [-0.05, 0) is 60.2 Å². The van der Waals surface area contributed by atoms with Crippen LogP contribution in [0.5, 0.6) is 5.75 Å². The average Bonchev–Trinajstić information content (AvgIpc) is 3.23. The summed E-state index contributed by atoms with van der Waals surface area (Å²) in [5.41, 5.74) is 0.890. The number of rotatable bonds is 6. The molecule has 0 bridgehead atoms. The Balaban J connectivity index is 1.82. The number of aromatic nitrogens is 1. The summed E-state index contributed by atoms with van der Waals surface area (Å²) in [6.07, 6.45) is 3.44. The molecule has 220 valence electrons. The summed E-state index contributed by atoms with van der Waals surface area (Å²) in [5.74, 6) is -1.23. The number of nitrogens with zero attached hydrogens (tertiary/aromatic N) is 2. The third-order valence-corrected chi connectivity index (χ3v) is 9.69. The largest absolute Gasteiger partial charge is 0.497 e. The topological polar surface area (TPSA) is 147 Å². The number of carbonyl (C=O) groups excluding carboxylic acids is 2. The van der Waals surface area contributed by atoms with Crippen molar-refractivity contribution < 1.29 is 37.7 Å². The van der Waals surface area contributed by atoms with Crippen LogP contribution in [-0.4, -0.2) is 73.3 Å². The first-order valence-corrected chi connectivity index (χ1v) is 14.9. The van der Waals surface area contributed by atoms with Crippen LogP contribution in [-0.2, 0) is 26.3 Å². The van der Waals surface area contributed by atoms with Gasteiger partial charge in [0.1, 0.15) is 11.9 Å². The third-order valence-electron chi connectivity index (χ3n) is 8.28. The summed E-state index contributed by atoms with van der Waals surface area (Å²) < 4.78 is 39.8. The average molecular weight is 586 g/mol. The Hall–Kier alpha value is -3.45. The number of hydrogen-bond donors (Lipinski definition) is 3. The van der Waals surface area contributed by atoms with Crippen LogP contribution in [0.25, 0.3) is 22.2 Å². The number of fused-ring (bicyclic) bond motifs is 5.